The molecule has 0 bridgehead atoms. The lowest BCUT2D eigenvalue weighted by molar-refractivity contribution is 0.227. The predicted octanol–water partition coefficient (Wildman–Crippen LogP) is 3.91. The number of nitrogens with one attached hydrogen (secondary N) is 1. The van der Waals surface area contributed by atoms with E-state index in [0.29, 0.717) is 6.04 Å². The van der Waals surface area contributed by atoms with Gasteiger partial charge in [0, 0.05) is 12.6 Å². The second-order valence-electron chi connectivity index (χ2n) is 5.87. The molecule has 1 aromatic rings. The molecular weight excluding hydrogens is 206 g/mol. The van der Waals surface area contributed by atoms with Gasteiger partial charge in [0.2, 0.25) is 0 Å². The Balaban J connectivity index is 1.83. The third-order valence-electron chi connectivity index (χ3n) is 4.12. The van der Waals surface area contributed by atoms with E-state index in [2.05, 4.69) is 50.4 Å². The van der Waals surface area contributed by atoms with E-state index in [1.54, 1.807) is 0 Å². The first-order valence-corrected chi connectivity index (χ1v) is 6.94. The zero-order valence-corrected chi connectivity index (χ0v) is 11.4. The summed E-state index contributed by atoms with van der Waals surface area (Å²) in [5, 5.41) is 3.73. The van der Waals surface area contributed by atoms with Gasteiger partial charge in [-0.05, 0) is 43.6 Å². The van der Waals surface area contributed by atoms with Crippen LogP contribution in [0, 0.1) is 18.8 Å². The molecule has 0 amide bonds. The molecule has 3 atom stereocenters. The van der Waals surface area contributed by atoms with Gasteiger partial charge in [-0.1, -0.05) is 43.7 Å². The van der Waals surface area contributed by atoms with Gasteiger partial charge >= 0.3 is 0 Å². The maximum atomic E-state index is 3.73. The predicted molar refractivity (Wildman–Crippen MR) is 74.0 cm³/mol. The minimum atomic E-state index is 0.715. The Morgan fingerprint density at radius 3 is 2.47 bits per heavy atom. The molecule has 0 aromatic heterocycles. The highest BCUT2D eigenvalue weighted by atomic mass is 14.9. The van der Waals surface area contributed by atoms with E-state index in [9.17, 15) is 0 Å². The topological polar surface area (TPSA) is 12.0 Å². The largest absolute Gasteiger partial charge is 0.310 e. The van der Waals surface area contributed by atoms with E-state index in [1.807, 2.05) is 0 Å². The van der Waals surface area contributed by atoms with E-state index >= 15 is 0 Å². The summed E-state index contributed by atoms with van der Waals surface area (Å²) in [6.07, 6.45) is 4.11. The lowest BCUT2D eigenvalue weighted by atomic mass is 9.80. The zero-order valence-electron chi connectivity index (χ0n) is 11.4. The fraction of sp³-hybridized carbons (Fsp3) is 0.625. The van der Waals surface area contributed by atoms with E-state index in [1.165, 1.54) is 30.4 Å². The summed E-state index contributed by atoms with van der Waals surface area (Å²) in [4.78, 5) is 0. The smallest absolute Gasteiger partial charge is 0.0208 e. The molecule has 0 radical (unpaired) electrons. The molecule has 1 heteroatoms. The fourth-order valence-corrected chi connectivity index (χ4v) is 2.92. The van der Waals surface area contributed by atoms with Gasteiger partial charge in [-0.3, -0.25) is 0 Å². The Kier molecular flexibility index (Phi) is 4.22. The molecule has 0 spiro atoms. The van der Waals surface area contributed by atoms with Crippen LogP contribution >= 0.6 is 0 Å². The van der Waals surface area contributed by atoms with Crippen molar-refractivity contribution in [1.29, 1.82) is 0 Å². The molecule has 1 aliphatic rings. The number of hydrogen-bond donors (Lipinski definition) is 1. The highest BCUT2D eigenvalue weighted by molar-refractivity contribution is 5.21. The highest BCUT2D eigenvalue weighted by Crippen LogP contribution is 2.28. The van der Waals surface area contributed by atoms with Crippen LogP contribution in [0.25, 0.3) is 0 Å². The summed E-state index contributed by atoms with van der Waals surface area (Å²) >= 11 is 0. The van der Waals surface area contributed by atoms with Gasteiger partial charge in [0.15, 0.2) is 0 Å². The molecule has 2 rings (SSSR count). The minimum Gasteiger partial charge on any atom is -0.310 e. The van der Waals surface area contributed by atoms with Gasteiger partial charge in [-0.25, -0.2) is 0 Å². The Bertz CT molecular complexity index is 341. The first-order valence-electron chi connectivity index (χ1n) is 6.94. The molecule has 1 aromatic carbocycles. The maximum Gasteiger partial charge on any atom is 0.0208 e. The van der Waals surface area contributed by atoms with Crippen LogP contribution in [0.4, 0.5) is 0 Å². The lowest BCUT2D eigenvalue weighted by Crippen LogP contribution is -2.38. The van der Waals surface area contributed by atoms with Crippen molar-refractivity contribution in [3.63, 3.8) is 0 Å². The second-order valence-corrected chi connectivity index (χ2v) is 5.87. The number of rotatable bonds is 3. The van der Waals surface area contributed by atoms with Gasteiger partial charge in [0.25, 0.3) is 0 Å². The normalized spacial score (nSPS) is 29.2. The van der Waals surface area contributed by atoms with Gasteiger partial charge in [0.05, 0.1) is 0 Å². The quantitative estimate of drug-likeness (QED) is 0.831. The average Bonchev–Trinajstić information content (AvgIpc) is 2.30. The summed E-state index contributed by atoms with van der Waals surface area (Å²) in [6, 6.07) is 9.58. The van der Waals surface area contributed by atoms with E-state index in [-0.39, 0.29) is 0 Å². The number of aryl methyl sites for hydroxylation is 1. The van der Waals surface area contributed by atoms with Crippen LogP contribution in [-0.2, 0) is 6.54 Å². The van der Waals surface area contributed by atoms with Gasteiger partial charge in [-0.15, -0.1) is 0 Å². The van der Waals surface area contributed by atoms with Gasteiger partial charge in [0.1, 0.15) is 0 Å². The Labute approximate surface area is 106 Å². The van der Waals surface area contributed by atoms with Crippen LogP contribution in [0.15, 0.2) is 24.3 Å². The molecule has 17 heavy (non-hydrogen) atoms. The van der Waals surface area contributed by atoms with Crippen LogP contribution in [0.2, 0.25) is 0 Å². The molecule has 94 valence electrons. The molecule has 1 aliphatic carbocycles. The summed E-state index contributed by atoms with van der Waals surface area (Å²) < 4.78 is 0. The molecule has 1 nitrogen and oxygen atoms in total. The van der Waals surface area contributed by atoms with E-state index < -0.39 is 0 Å². The Morgan fingerprint density at radius 1 is 1.12 bits per heavy atom. The molecular formula is C16H25N. The first-order chi connectivity index (χ1) is 8.15. The minimum absolute atomic E-state index is 0.715. The summed E-state index contributed by atoms with van der Waals surface area (Å²) in [7, 11) is 0. The van der Waals surface area contributed by atoms with Crippen molar-refractivity contribution in [2.45, 2.75) is 52.6 Å². The number of hydrogen-bond acceptors (Lipinski definition) is 1. The van der Waals surface area contributed by atoms with E-state index in [0.717, 1.165) is 18.4 Å². The second kappa shape index (κ2) is 5.68. The fourth-order valence-electron chi connectivity index (χ4n) is 2.92. The summed E-state index contributed by atoms with van der Waals surface area (Å²) in [6.45, 7) is 7.93. The van der Waals surface area contributed by atoms with Crippen molar-refractivity contribution >= 4 is 0 Å². The molecule has 1 saturated carbocycles. The van der Waals surface area contributed by atoms with Crippen molar-refractivity contribution in [2.75, 3.05) is 0 Å². The molecule has 0 aliphatic heterocycles. The van der Waals surface area contributed by atoms with Crippen molar-refractivity contribution in [1.82, 2.24) is 5.32 Å². The van der Waals surface area contributed by atoms with Gasteiger partial charge in [-0.2, -0.15) is 0 Å². The zero-order chi connectivity index (χ0) is 12.3. The van der Waals surface area contributed by atoms with Crippen LogP contribution in [0.3, 0.4) is 0 Å². The molecule has 1 N–H and O–H groups in total. The molecule has 0 saturated heterocycles. The SMILES string of the molecule is Cc1ccc(CNC2CCC(C)CC2C)cc1. The molecule has 0 heterocycles. The van der Waals surface area contributed by atoms with Crippen LogP contribution in [-0.4, -0.2) is 6.04 Å². The van der Waals surface area contributed by atoms with Gasteiger partial charge < -0.3 is 5.32 Å². The summed E-state index contributed by atoms with van der Waals surface area (Å²) in [5.74, 6) is 1.74. The first kappa shape index (κ1) is 12.6. The standard InChI is InChI=1S/C16H25N/c1-12-4-7-15(8-5-12)11-17-16-9-6-13(2)10-14(16)3/h4-5,7-8,13-14,16-17H,6,9-11H2,1-3H3. The van der Waals surface area contributed by atoms with Crippen molar-refractivity contribution < 1.29 is 0 Å². The van der Waals surface area contributed by atoms with Crippen LogP contribution in [0.5, 0.6) is 0 Å². The monoisotopic (exact) mass is 231 g/mol. The molecule has 1 fully saturated rings. The van der Waals surface area contributed by atoms with Crippen LogP contribution < -0.4 is 5.32 Å². The average molecular weight is 231 g/mol. The van der Waals surface area contributed by atoms with Crippen molar-refractivity contribution in [2.24, 2.45) is 11.8 Å². The lowest BCUT2D eigenvalue weighted by Gasteiger charge is -2.33. The Morgan fingerprint density at radius 2 is 1.82 bits per heavy atom. The Hall–Kier alpha value is -0.820. The third kappa shape index (κ3) is 3.57. The number of benzene rings is 1. The third-order valence-corrected chi connectivity index (χ3v) is 4.12. The highest BCUT2D eigenvalue weighted by Gasteiger charge is 2.24. The summed E-state index contributed by atoms with van der Waals surface area (Å²) in [5.41, 5.74) is 2.75. The molecule has 3 unspecified atom stereocenters. The van der Waals surface area contributed by atoms with Crippen molar-refractivity contribution in [3.05, 3.63) is 35.4 Å². The maximum absolute atomic E-state index is 3.73. The van der Waals surface area contributed by atoms with Crippen molar-refractivity contribution in [3.8, 4) is 0 Å². The van der Waals surface area contributed by atoms with Crippen LogP contribution in [0.1, 0.15) is 44.2 Å². The van der Waals surface area contributed by atoms with E-state index in [4.69, 9.17) is 0 Å².